The summed E-state index contributed by atoms with van der Waals surface area (Å²) in [5.74, 6) is 2.22. The van der Waals surface area contributed by atoms with Crippen LogP contribution in [0.15, 0.2) is 41.7 Å². The first kappa shape index (κ1) is 18.0. The molecular weight excluding hydrogens is 300 g/mol. The number of nitrogens with zero attached hydrogens (tertiary/aromatic N) is 4. The van der Waals surface area contributed by atoms with Gasteiger partial charge in [0.05, 0.1) is 0 Å². The molecule has 2 N–H and O–H groups in total. The third kappa shape index (κ3) is 4.81. The highest BCUT2D eigenvalue weighted by atomic mass is 15.3. The molecule has 6 heteroatoms. The summed E-state index contributed by atoms with van der Waals surface area (Å²) >= 11 is 0. The van der Waals surface area contributed by atoms with Crippen molar-refractivity contribution in [1.29, 1.82) is 0 Å². The molecule has 0 spiro atoms. The van der Waals surface area contributed by atoms with E-state index in [0.717, 1.165) is 31.3 Å². The molecule has 6 nitrogen and oxygen atoms in total. The monoisotopic (exact) mass is 328 g/mol. The molecule has 2 rings (SSSR count). The number of aliphatic imine (C=N–C) groups is 1. The van der Waals surface area contributed by atoms with E-state index in [9.17, 15) is 0 Å². The van der Waals surface area contributed by atoms with Gasteiger partial charge in [-0.2, -0.15) is 0 Å². The van der Waals surface area contributed by atoms with Crippen molar-refractivity contribution in [2.75, 3.05) is 13.6 Å². The molecule has 0 aliphatic rings. The van der Waals surface area contributed by atoms with Gasteiger partial charge in [-0.1, -0.05) is 44.2 Å². The summed E-state index contributed by atoms with van der Waals surface area (Å²) in [4.78, 5) is 4.32. The molecule has 0 aliphatic heterocycles. The van der Waals surface area contributed by atoms with Gasteiger partial charge in [0, 0.05) is 38.5 Å². The van der Waals surface area contributed by atoms with Gasteiger partial charge in [0.15, 0.2) is 5.96 Å². The number of nitrogens with one attached hydrogen (secondary N) is 2. The van der Waals surface area contributed by atoms with E-state index in [1.54, 1.807) is 13.4 Å². The smallest absolute Gasteiger partial charge is 0.191 e. The normalized spacial score (nSPS) is 14.2. The van der Waals surface area contributed by atoms with Crippen molar-refractivity contribution in [2.24, 2.45) is 4.99 Å². The molecule has 2 atom stereocenters. The van der Waals surface area contributed by atoms with Gasteiger partial charge in [0.1, 0.15) is 12.2 Å². The molecule has 0 aliphatic carbocycles. The number of aryl methyl sites for hydroxylation is 1. The average Bonchev–Trinajstić information content (AvgIpc) is 3.08. The van der Waals surface area contributed by atoms with E-state index in [2.05, 4.69) is 75.4 Å². The number of hydrogen-bond donors (Lipinski definition) is 2. The molecule has 2 unspecified atom stereocenters. The van der Waals surface area contributed by atoms with Gasteiger partial charge in [-0.3, -0.25) is 4.99 Å². The number of guanidine groups is 1. The topological polar surface area (TPSA) is 67.1 Å². The van der Waals surface area contributed by atoms with Gasteiger partial charge in [-0.25, -0.2) is 0 Å². The molecule has 0 amide bonds. The zero-order valence-corrected chi connectivity index (χ0v) is 15.0. The van der Waals surface area contributed by atoms with Crippen molar-refractivity contribution < 1.29 is 0 Å². The van der Waals surface area contributed by atoms with Crippen LogP contribution in [-0.2, 0) is 13.0 Å². The van der Waals surface area contributed by atoms with Crippen molar-refractivity contribution in [3.8, 4) is 0 Å². The van der Waals surface area contributed by atoms with Crippen molar-refractivity contribution in [3.63, 3.8) is 0 Å². The first-order valence-corrected chi connectivity index (χ1v) is 8.54. The van der Waals surface area contributed by atoms with Crippen LogP contribution < -0.4 is 10.6 Å². The van der Waals surface area contributed by atoms with Crippen LogP contribution in [0.3, 0.4) is 0 Å². The van der Waals surface area contributed by atoms with Gasteiger partial charge in [0.2, 0.25) is 0 Å². The predicted molar refractivity (Wildman–Crippen MR) is 98.2 cm³/mol. The van der Waals surface area contributed by atoms with Gasteiger partial charge in [0.25, 0.3) is 0 Å². The summed E-state index contributed by atoms with van der Waals surface area (Å²) < 4.78 is 2.07. The second kappa shape index (κ2) is 9.05. The van der Waals surface area contributed by atoms with Gasteiger partial charge >= 0.3 is 0 Å². The SMILES string of the molecule is CCc1nncn1CCNC(=NC)NC(C)C(C)c1ccccc1. The highest BCUT2D eigenvalue weighted by Crippen LogP contribution is 2.18. The summed E-state index contributed by atoms with van der Waals surface area (Å²) in [5, 5.41) is 14.9. The first-order valence-electron chi connectivity index (χ1n) is 8.54. The molecule has 1 aromatic carbocycles. The van der Waals surface area contributed by atoms with Crippen LogP contribution in [0.5, 0.6) is 0 Å². The second-order valence-corrected chi connectivity index (χ2v) is 5.93. The fourth-order valence-corrected chi connectivity index (χ4v) is 2.61. The Morgan fingerprint density at radius 2 is 2.00 bits per heavy atom. The molecule has 0 saturated carbocycles. The zero-order valence-electron chi connectivity index (χ0n) is 15.0. The van der Waals surface area contributed by atoms with Crippen LogP contribution in [0.1, 0.15) is 38.1 Å². The lowest BCUT2D eigenvalue weighted by Crippen LogP contribution is -2.45. The molecule has 1 aromatic heterocycles. The third-order valence-corrected chi connectivity index (χ3v) is 4.32. The largest absolute Gasteiger partial charge is 0.355 e. The van der Waals surface area contributed by atoms with E-state index < -0.39 is 0 Å². The Labute approximate surface area is 144 Å². The fourth-order valence-electron chi connectivity index (χ4n) is 2.61. The van der Waals surface area contributed by atoms with Crippen LogP contribution in [0.4, 0.5) is 0 Å². The first-order chi connectivity index (χ1) is 11.7. The minimum Gasteiger partial charge on any atom is -0.355 e. The summed E-state index contributed by atoms with van der Waals surface area (Å²) in [6, 6.07) is 10.8. The maximum atomic E-state index is 4.32. The molecule has 24 heavy (non-hydrogen) atoms. The Hall–Kier alpha value is -2.37. The Bertz CT molecular complexity index is 634. The van der Waals surface area contributed by atoms with Crippen LogP contribution in [-0.4, -0.2) is 40.4 Å². The zero-order chi connectivity index (χ0) is 17.4. The molecule has 0 fully saturated rings. The van der Waals surface area contributed by atoms with Crippen molar-refractivity contribution in [3.05, 3.63) is 48.0 Å². The van der Waals surface area contributed by atoms with Gasteiger partial charge in [-0.05, 0) is 12.5 Å². The number of benzene rings is 1. The summed E-state index contributed by atoms with van der Waals surface area (Å²) in [7, 11) is 1.80. The highest BCUT2D eigenvalue weighted by Gasteiger charge is 2.15. The maximum Gasteiger partial charge on any atom is 0.191 e. The minimum absolute atomic E-state index is 0.278. The van der Waals surface area contributed by atoms with Gasteiger partial charge < -0.3 is 15.2 Å². The highest BCUT2D eigenvalue weighted by molar-refractivity contribution is 5.80. The third-order valence-electron chi connectivity index (χ3n) is 4.32. The van der Waals surface area contributed by atoms with Crippen molar-refractivity contribution in [2.45, 2.75) is 45.7 Å². The molecule has 130 valence electrons. The van der Waals surface area contributed by atoms with Crippen molar-refractivity contribution >= 4 is 5.96 Å². The van der Waals surface area contributed by atoms with Crippen LogP contribution in [0.25, 0.3) is 0 Å². The van der Waals surface area contributed by atoms with Gasteiger partial charge in [-0.15, -0.1) is 10.2 Å². The van der Waals surface area contributed by atoms with E-state index in [-0.39, 0.29) is 6.04 Å². The fraction of sp³-hybridized carbons (Fsp3) is 0.500. The van der Waals surface area contributed by atoms with E-state index >= 15 is 0 Å². The number of hydrogen-bond acceptors (Lipinski definition) is 3. The van der Waals surface area contributed by atoms with Crippen LogP contribution >= 0.6 is 0 Å². The van der Waals surface area contributed by atoms with E-state index in [4.69, 9.17) is 0 Å². The average molecular weight is 328 g/mol. The van der Waals surface area contributed by atoms with E-state index in [1.807, 2.05) is 6.07 Å². The van der Waals surface area contributed by atoms with Crippen LogP contribution in [0.2, 0.25) is 0 Å². The summed E-state index contributed by atoms with van der Waals surface area (Å²) in [5.41, 5.74) is 1.32. The molecule has 2 aromatic rings. The lowest BCUT2D eigenvalue weighted by Gasteiger charge is -2.24. The molecule has 0 radical (unpaired) electrons. The molecular formula is C18H28N6. The molecule has 0 saturated heterocycles. The summed E-state index contributed by atoms with van der Waals surface area (Å²) in [6.07, 6.45) is 2.66. The molecule has 0 bridgehead atoms. The minimum atomic E-state index is 0.278. The Morgan fingerprint density at radius 3 is 2.67 bits per heavy atom. The maximum absolute atomic E-state index is 4.32. The quantitative estimate of drug-likeness (QED) is 0.604. The second-order valence-electron chi connectivity index (χ2n) is 5.93. The van der Waals surface area contributed by atoms with Crippen LogP contribution in [0, 0.1) is 0 Å². The van der Waals surface area contributed by atoms with Crippen molar-refractivity contribution in [1.82, 2.24) is 25.4 Å². The molecule has 1 heterocycles. The number of aromatic nitrogens is 3. The Kier molecular flexibility index (Phi) is 6.78. The Morgan fingerprint density at radius 1 is 1.25 bits per heavy atom. The number of rotatable bonds is 7. The Balaban J connectivity index is 1.83. The van der Waals surface area contributed by atoms with E-state index in [1.165, 1.54) is 5.56 Å². The van der Waals surface area contributed by atoms with E-state index in [0.29, 0.717) is 5.92 Å². The lowest BCUT2D eigenvalue weighted by atomic mass is 9.94. The summed E-state index contributed by atoms with van der Waals surface area (Å²) in [6.45, 7) is 8.09. The lowest BCUT2D eigenvalue weighted by molar-refractivity contribution is 0.545. The predicted octanol–water partition coefficient (Wildman–Crippen LogP) is 2.20. The standard InChI is InChI=1S/C18H28N6/c1-5-17-23-21-13-24(17)12-11-20-18(19-4)22-15(3)14(2)16-9-7-6-8-10-16/h6-10,13-15H,5,11-12H2,1-4H3,(H2,19,20,22).